The van der Waals surface area contributed by atoms with E-state index >= 15 is 0 Å². The number of ether oxygens (including phenoxy) is 1. The van der Waals surface area contributed by atoms with Gasteiger partial charge in [-0.05, 0) is 56.2 Å². The van der Waals surface area contributed by atoms with Crippen LogP contribution in [0.1, 0.15) is 49.6 Å². The van der Waals surface area contributed by atoms with Crippen molar-refractivity contribution in [3.8, 4) is 11.8 Å². The van der Waals surface area contributed by atoms with Crippen LogP contribution in [0.3, 0.4) is 0 Å². The Bertz CT molecular complexity index is 672. The third kappa shape index (κ3) is 5.09. The highest BCUT2D eigenvalue weighted by molar-refractivity contribution is 5.32. The van der Waals surface area contributed by atoms with Crippen LogP contribution in [0.2, 0.25) is 0 Å². The van der Waals surface area contributed by atoms with Crippen LogP contribution >= 0.6 is 0 Å². The van der Waals surface area contributed by atoms with Gasteiger partial charge in [0.25, 0.3) is 0 Å². The Labute approximate surface area is 143 Å². The molecule has 0 bridgehead atoms. The van der Waals surface area contributed by atoms with E-state index in [0.29, 0.717) is 12.1 Å². The van der Waals surface area contributed by atoms with E-state index < -0.39 is 6.10 Å². The highest BCUT2D eigenvalue weighted by Gasteiger charge is 2.11. The van der Waals surface area contributed by atoms with Crippen molar-refractivity contribution >= 4 is 0 Å². The van der Waals surface area contributed by atoms with Crippen LogP contribution < -0.4 is 10.1 Å². The SMILES string of the molecule is CC(C)Oc1ccc(C(C)NCC(O)c2ccc(C#N)cc2)cc1. The van der Waals surface area contributed by atoms with Crippen molar-refractivity contribution < 1.29 is 9.84 Å². The van der Waals surface area contributed by atoms with Gasteiger partial charge < -0.3 is 15.2 Å². The van der Waals surface area contributed by atoms with Gasteiger partial charge in [-0.2, -0.15) is 5.26 Å². The van der Waals surface area contributed by atoms with E-state index in [1.54, 1.807) is 24.3 Å². The minimum absolute atomic E-state index is 0.117. The van der Waals surface area contributed by atoms with Crippen molar-refractivity contribution in [1.29, 1.82) is 5.26 Å². The molecule has 0 aliphatic heterocycles. The van der Waals surface area contributed by atoms with Crippen LogP contribution in [0, 0.1) is 11.3 Å². The van der Waals surface area contributed by atoms with Crippen molar-refractivity contribution in [2.75, 3.05) is 6.54 Å². The maximum Gasteiger partial charge on any atom is 0.119 e. The summed E-state index contributed by atoms with van der Waals surface area (Å²) in [6, 6.07) is 17.2. The smallest absolute Gasteiger partial charge is 0.119 e. The Morgan fingerprint density at radius 2 is 1.58 bits per heavy atom. The van der Waals surface area contributed by atoms with Gasteiger partial charge in [-0.25, -0.2) is 0 Å². The first kappa shape index (κ1) is 18.0. The fourth-order valence-corrected chi connectivity index (χ4v) is 2.41. The summed E-state index contributed by atoms with van der Waals surface area (Å²) in [5, 5.41) is 22.4. The van der Waals surface area contributed by atoms with Crippen LogP contribution in [0.15, 0.2) is 48.5 Å². The third-order valence-electron chi connectivity index (χ3n) is 3.79. The fourth-order valence-electron chi connectivity index (χ4n) is 2.41. The van der Waals surface area contributed by atoms with E-state index in [-0.39, 0.29) is 12.1 Å². The normalized spacial score (nSPS) is 13.3. The molecule has 2 aromatic rings. The van der Waals surface area contributed by atoms with Crippen LogP contribution in [0.5, 0.6) is 5.75 Å². The molecule has 2 atom stereocenters. The van der Waals surface area contributed by atoms with E-state index in [1.165, 1.54) is 0 Å². The topological polar surface area (TPSA) is 65.3 Å². The second-order valence-electron chi connectivity index (χ2n) is 6.12. The molecule has 0 radical (unpaired) electrons. The summed E-state index contributed by atoms with van der Waals surface area (Å²) in [6.45, 7) is 6.51. The highest BCUT2D eigenvalue weighted by Crippen LogP contribution is 2.20. The third-order valence-corrected chi connectivity index (χ3v) is 3.79. The van der Waals surface area contributed by atoms with E-state index in [9.17, 15) is 5.11 Å². The number of nitriles is 1. The summed E-state index contributed by atoms with van der Waals surface area (Å²) in [5.41, 5.74) is 2.53. The Morgan fingerprint density at radius 3 is 2.12 bits per heavy atom. The molecule has 0 amide bonds. The lowest BCUT2D eigenvalue weighted by molar-refractivity contribution is 0.171. The largest absolute Gasteiger partial charge is 0.491 e. The number of benzene rings is 2. The lowest BCUT2D eigenvalue weighted by Gasteiger charge is -2.18. The number of aliphatic hydroxyl groups excluding tert-OH is 1. The van der Waals surface area contributed by atoms with E-state index in [0.717, 1.165) is 16.9 Å². The second kappa shape index (κ2) is 8.49. The summed E-state index contributed by atoms with van der Waals surface area (Å²) in [5.74, 6) is 0.860. The van der Waals surface area contributed by atoms with Gasteiger partial charge in [0.15, 0.2) is 0 Å². The molecule has 126 valence electrons. The molecular weight excluding hydrogens is 300 g/mol. The lowest BCUT2D eigenvalue weighted by Crippen LogP contribution is -2.24. The van der Waals surface area contributed by atoms with E-state index in [4.69, 9.17) is 10.00 Å². The van der Waals surface area contributed by atoms with E-state index in [1.807, 2.05) is 38.1 Å². The molecule has 2 N–H and O–H groups in total. The number of aliphatic hydroxyl groups is 1. The van der Waals surface area contributed by atoms with Crippen LogP contribution in [0.25, 0.3) is 0 Å². The first-order valence-electron chi connectivity index (χ1n) is 8.17. The van der Waals surface area contributed by atoms with Crippen molar-refractivity contribution in [1.82, 2.24) is 5.32 Å². The first-order valence-corrected chi connectivity index (χ1v) is 8.17. The quantitative estimate of drug-likeness (QED) is 0.814. The molecule has 2 rings (SSSR count). The monoisotopic (exact) mass is 324 g/mol. The van der Waals surface area contributed by atoms with Crippen molar-refractivity contribution in [2.45, 2.75) is 39.0 Å². The molecule has 4 heteroatoms. The molecule has 0 aliphatic rings. The molecule has 0 aromatic heterocycles. The van der Waals surface area contributed by atoms with Gasteiger partial charge in [0, 0.05) is 12.6 Å². The average Bonchev–Trinajstić information content (AvgIpc) is 2.59. The van der Waals surface area contributed by atoms with Crippen LogP contribution in [-0.4, -0.2) is 17.8 Å². The molecular formula is C20H24N2O2. The number of rotatable bonds is 7. The van der Waals surface area contributed by atoms with Gasteiger partial charge in [0.05, 0.1) is 23.8 Å². The minimum atomic E-state index is -0.608. The number of nitrogens with one attached hydrogen (secondary N) is 1. The Balaban J connectivity index is 1.89. The van der Waals surface area contributed by atoms with Crippen molar-refractivity contribution in [3.63, 3.8) is 0 Å². The molecule has 4 nitrogen and oxygen atoms in total. The zero-order valence-corrected chi connectivity index (χ0v) is 14.4. The standard InChI is InChI=1S/C20H24N2O2/c1-14(2)24-19-10-8-17(9-11-19)15(3)22-13-20(23)18-6-4-16(12-21)5-7-18/h4-11,14-15,20,22-23H,13H2,1-3H3. The minimum Gasteiger partial charge on any atom is -0.491 e. The molecule has 0 spiro atoms. The summed E-state index contributed by atoms with van der Waals surface area (Å²) in [6.07, 6.45) is -0.447. The summed E-state index contributed by atoms with van der Waals surface area (Å²) in [7, 11) is 0. The zero-order valence-electron chi connectivity index (χ0n) is 14.4. The van der Waals surface area contributed by atoms with Gasteiger partial charge in [0.1, 0.15) is 5.75 Å². The van der Waals surface area contributed by atoms with Gasteiger partial charge in [-0.1, -0.05) is 24.3 Å². The predicted molar refractivity (Wildman–Crippen MR) is 94.7 cm³/mol. The predicted octanol–water partition coefficient (Wildman–Crippen LogP) is 3.73. The maximum absolute atomic E-state index is 10.3. The fraction of sp³-hybridized carbons (Fsp3) is 0.350. The molecule has 2 unspecified atom stereocenters. The Morgan fingerprint density at radius 1 is 1.00 bits per heavy atom. The van der Waals surface area contributed by atoms with Gasteiger partial charge in [0.2, 0.25) is 0 Å². The lowest BCUT2D eigenvalue weighted by atomic mass is 10.1. The Hall–Kier alpha value is -2.35. The van der Waals surface area contributed by atoms with Gasteiger partial charge in [-0.3, -0.25) is 0 Å². The molecule has 24 heavy (non-hydrogen) atoms. The Kier molecular flexibility index (Phi) is 6.36. The van der Waals surface area contributed by atoms with Crippen LogP contribution in [-0.2, 0) is 0 Å². The summed E-state index contributed by atoms with van der Waals surface area (Å²) < 4.78 is 5.64. The molecule has 0 saturated heterocycles. The van der Waals surface area contributed by atoms with Crippen molar-refractivity contribution in [3.05, 3.63) is 65.2 Å². The molecule has 0 fully saturated rings. The molecule has 2 aromatic carbocycles. The van der Waals surface area contributed by atoms with Gasteiger partial charge in [-0.15, -0.1) is 0 Å². The first-order chi connectivity index (χ1) is 11.5. The van der Waals surface area contributed by atoms with Gasteiger partial charge >= 0.3 is 0 Å². The summed E-state index contributed by atoms with van der Waals surface area (Å²) >= 11 is 0. The number of hydrogen-bond donors (Lipinski definition) is 2. The molecule has 0 heterocycles. The zero-order chi connectivity index (χ0) is 17.5. The molecule has 0 saturated carbocycles. The molecule has 0 aliphatic carbocycles. The number of nitrogens with zero attached hydrogens (tertiary/aromatic N) is 1. The average molecular weight is 324 g/mol. The second-order valence-corrected chi connectivity index (χ2v) is 6.12. The van der Waals surface area contributed by atoms with Crippen LogP contribution in [0.4, 0.5) is 0 Å². The van der Waals surface area contributed by atoms with Crippen molar-refractivity contribution in [2.24, 2.45) is 0 Å². The van der Waals surface area contributed by atoms with E-state index in [2.05, 4.69) is 18.3 Å². The highest BCUT2D eigenvalue weighted by atomic mass is 16.5. The summed E-state index contributed by atoms with van der Waals surface area (Å²) in [4.78, 5) is 0. The number of hydrogen-bond acceptors (Lipinski definition) is 4. The maximum atomic E-state index is 10.3.